The number of benzene rings is 2. The first-order chi connectivity index (χ1) is 10.1. The topological polar surface area (TPSA) is 56.1 Å². The summed E-state index contributed by atoms with van der Waals surface area (Å²) in [7, 11) is 3.87. The number of nitrogens with one attached hydrogen (secondary N) is 1. The average Bonchev–Trinajstić information content (AvgIpc) is 2.49. The molecule has 0 aromatic heterocycles. The standard InChI is InChI=1S/C17H17N3O/c1-20(2)15-10-6-9-14(11-15)19-17(21)16(12-18)13-7-4-3-5-8-13/h3-11,16H,1-2H3,(H,19,21). The Balaban J connectivity index is 2.17. The number of anilines is 2. The van der Waals surface area contributed by atoms with Gasteiger partial charge in [0.15, 0.2) is 5.92 Å². The molecule has 0 aliphatic heterocycles. The van der Waals surface area contributed by atoms with Crippen molar-refractivity contribution in [3.05, 3.63) is 60.2 Å². The zero-order chi connectivity index (χ0) is 15.2. The van der Waals surface area contributed by atoms with Crippen LogP contribution in [0.25, 0.3) is 0 Å². The normalized spacial score (nSPS) is 11.3. The van der Waals surface area contributed by atoms with Crippen molar-refractivity contribution in [2.75, 3.05) is 24.3 Å². The maximum absolute atomic E-state index is 12.3. The molecule has 0 aliphatic carbocycles. The molecular weight excluding hydrogens is 262 g/mol. The van der Waals surface area contributed by atoms with E-state index in [1.54, 1.807) is 12.1 Å². The highest BCUT2D eigenvalue weighted by Gasteiger charge is 2.19. The van der Waals surface area contributed by atoms with E-state index in [9.17, 15) is 10.1 Å². The van der Waals surface area contributed by atoms with Crippen LogP contribution in [0, 0.1) is 11.3 Å². The van der Waals surface area contributed by atoms with Crippen LogP contribution in [0.15, 0.2) is 54.6 Å². The van der Waals surface area contributed by atoms with Gasteiger partial charge in [0.1, 0.15) is 0 Å². The summed E-state index contributed by atoms with van der Waals surface area (Å²) in [4.78, 5) is 14.2. The molecule has 1 unspecified atom stereocenters. The Morgan fingerprint density at radius 1 is 1.14 bits per heavy atom. The maximum Gasteiger partial charge on any atom is 0.246 e. The number of nitriles is 1. The van der Waals surface area contributed by atoms with Crippen LogP contribution in [0.5, 0.6) is 0 Å². The molecule has 1 amide bonds. The number of nitrogens with zero attached hydrogens (tertiary/aromatic N) is 2. The summed E-state index contributed by atoms with van der Waals surface area (Å²) in [6, 6.07) is 18.6. The highest BCUT2D eigenvalue weighted by atomic mass is 16.1. The zero-order valence-electron chi connectivity index (χ0n) is 12.1. The Morgan fingerprint density at radius 3 is 2.48 bits per heavy atom. The van der Waals surface area contributed by atoms with Crippen molar-refractivity contribution >= 4 is 17.3 Å². The molecule has 0 bridgehead atoms. The number of hydrogen-bond donors (Lipinski definition) is 1. The lowest BCUT2D eigenvalue weighted by Gasteiger charge is -2.15. The van der Waals surface area contributed by atoms with Crippen molar-refractivity contribution in [1.82, 2.24) is 0 Å². The fraction of sp³-hybridized carbons (Fsp3) is 0.176. The highest BCUT2D eigenvalue weighted by Crippen LogP contribution is 2.20. The van der Waals surface area contributed by atoms with E-state index in [1.165, 1.54) is 0 Å². The predicted octanol–water partition coefficient (Wildman–Crippen LogP) is 3.00. The minimum atomic E-state index is -0.811. The van der Waals surface area contributed by atoms with Gasteiger partial charge in [0.2, 0.25) is 5.91 Å². The Kier molecular flexibility index (Phi) is 4.57. The van der Waals surface area contributed by atoms with E-state index in [0.717, 1.165) is 5.69 Å². The molecule has 2 rings (SSSR count). The third-order valence-electron chi connectivity index (χ3n) is 3.15. The van der Waals surface area contributed by atoms with Gasteiger partial charge in [0.25, 0.3) is 0 Å². The molecule has 2 aromatic carbocycles. The van der Waals surface area contributed by atoms with Gasteiger partial charge in [-0.15, -0.1) is 0 Å². The van der Waals surface area contributed by atoms with E-state index in [4.69, 9.17) is 0 Å². The fourth-order valence-corrected chi connectivity index (χ4v) is 2.01. The summed E-state index contributed by atoms with van der Waals surface area (Å²) in [5, 5.41) is 12.1. The molecule has 0 spiro atoms. The molecule has 0 saturated heterocycles. The Labute approximate surface area is 124 Å². The van der Waals surface area contributed by atoms with Gasteiger partial charge in [-0.3, -0.25) is 4.79 Å². The van der Waals surface area contributed by atoms with Gasteiger partial charge in [0.05, 0.1) is 6.07 Å². The lowest BCUT2D eigenvalue weighted by Crippen LogP contribution is -2.20. The maximum atomic E-state index is 12.3. The Hall–Kier alpha value is -2.80. The molecule has 0 saturated carbocycles. The second kappa shape index (κ2) is 6.58. The summed E-state index contributed by atoms with van der Waals surface area (Å²) in [6.07, 6.45) is 0. The lowest BCUT2D eigenvalue weighted by atomic mass is 10.00. The van der Waals surface area contributed by atoms with Crippen LogP contribution in [0.2, 0.25) is 0 Å². The second-order valence-corrected chi connectivity index (χ2v) is 4.91. The van der Waals surface area contributed by atoms with E-state index in [0.29, 0.717) is 11.3 Å². The van der Waals surface area contributed by atoms with Crippen molar-refractivity contribution in [2.24, 2.45) is 0 Å². The summed E-state index contributed by atoms with van der Waals surface area (Å²) < 4.78 is 0. The van der Waals surface area contributed by atoms with Gasteiger partial charge in [-0.05, 0) is 23.8 Å². The molecule has 1 atom stereocenters. The summed E-state index contributed by atoms with van der Waals surface area (Å²) in [5.41, 5.74) is 2.37. The van der Waals surface area contributed by atoms with Gasteiger partial charge in [-0.1, -0.05) is 36.4 Å². The monoisotopic (exact) mass is 279 g/mol. The first-order valence-corrected chi connectivity index (χ1v) is 6.64. The van der Waals surface area contributed by atoms with E-state index >= 15 is 0 Å². The number of carbonyl (C=O) groups is 1. The van der Waals surface area contributed by atoms with Crippen molar-refractivity contribution in [3.8, 4) is 6.07 Å². The van der Waals surface area contributed by atoms with Crippen LogP contribution < -0.4 is 10.2 Å². The molecule has 0 aliphatic rings. The molecule has 0 radical (unpaired) electrons. The van der Waals surface area contributed by atoms with Gasteiger partial charge in [0, 0.05) is 25.5 Å². The van der Waals surface area contributed by atoms with Crippen molar-refractivity contribution in [2.45, 2.75) is 5.92 Å². The average molecular weight is 279 g/mol. The van der Waals surface area contributed by atoms with E-state index < -0.39 is 5.92 Å². The van der Waals surface area contributed by atoms with Crippen molar-refractivity contribution in [3.63, 3.8) is 0 Å². The number of rotatable bonds is 4. The van der Waals surface area contributed by atoms with Crippen LogP contribution in [0.3, 0.4) is 0 Å². The third-order valence-corrected chi connectivity index (χ3v) is 3.15. The van der Waals surface area contributed by atoms with Crippen LogP contribution in [0.4, 0.5) is 11.4 Å². The summed E-state index contributed by atoms with van der Waals surface area (Å²) >= 11 is 0. The van der Waals surface area contributed by atoms with E-state index in [1.807, 2.05) is 61.5 Å². The largest absolute Gasteiger partial charge is 0.378 e. The summed E-state index contributed by atoms with van der Waals surface area (Å²) in [6.45, 7) is 0. The lowest BCUT2D eigenvalue weighted by molar-refractivity contribution is -0.116. The van der Waals surface area contributed by atoms with Crippen LogP contribution >= 0.6 is 0 Å². The molecule has 2 aromatic rings. The van der Waals surface area contributed by atoms with Gasteiger partial charge >= 0.3 is 0 Å². The Morgan fingerprint density at radius 2 is 1.86 bits per heavy atom. The van der Waals surface area contributed by atoms with E-state index in [2.05, 4.69) is 11.4 Å². The summed E-state index contributed by atoms with van der Waals surface area (Å²) in [5.74, 6) is -1.13. The molecule has 106 valence electrons. The molecule has 4 nitrogen and oxygen atoms in total. The first kappa shape index (κ1) is 14.6. The number of carbonyl (C=O) groups excluding carboxylic acids is 1. The smallest absolute Gasteiger partial charge is 0.246 e. The van der Waals surface area contributed by atoms with Crippen molar-refractivity contribution < 1.29 is 4.79 Å². The van der Waals surface area contributed by atoms with Gasteiger partial charge < -0.3 is 10.2 Å². The number of amides is 1. The first-order valence-electron chi connectivity index (χ1n) is 6.64. The highest BCUT2D eigenvalue weighted by molar-refractivity contribution is 5.98. The van der Waals surface area contributed by atoms with Crippen LogP contribution in [-0.2, 0) is 4.79 Å². The van der Waals surface area contributed by atoms with Crippen LogP contribution in [-0.4, -0.2) is 20.0 Å². The van der Waals surface area contributed by atoms with Gasteiger partial charge in [-0.2, -0.15) is 5.26 Å². The predicted molar refractivity (Wildman–Crippen MR) is 84.2 cm³/mol. The number of hydrogen-bond acceptors (Lipinski definition) is 3. The molecule has 4 heteroatoms. The van der Waals surface area contributed by atoms with Gasteiger partial charge in [-0.25, -0.2) is 0 Å². The van der Waals surface area contributed by atoms with Crippen molar-refractivity contribution in [1.29, 1.82) is 5.26 Å². The molecule has 0 fully saturated rings. The van der Waals surface area contributed by atoms with E-state index in [-0.39, 0.29) is 5.91 Å². The SMILES string of the molecule is CN(C)c1cccc(NC(=O)C(C#N)c2ccccc2)c1. The molecular formula is C17H17N3O. The quantitative estimate of drug-likeness (QED) is 0.936. The minimum absolute atomic E-state index is 0.320. The molecule has 0 heterocycles. The molecule has 21 heavy (non-hydrogen) atoms. The zero-order valence-corrected chi connectivity index (χ0v) is 12.1. The minimum Gasteiger partial charge on any atom is -0.378 e. The second-order valence-electron chi connectivity index (χ2n) is 4.91. The Bertz CT molecular complexity index is 659. The fourth-order valence-electron chi connectivity index (χ4n) is 2.01. The van der Waals surface area contributed by atoms with Crippen LogP contribution in [0.1, 0.15) is 11.5 Å². The third kappa shape index (κ3) is 3.61. The molecule has 1 N–H and O–H groups in total.